The fraction of sp³-hybridized carbons (Fsp3) is 0.355. The molecular weight excluding hydrogens is 625 g/mol. The average Bonchev–Trinajstić information content (AvgIpc) is 3.00. The number of nitrogens with one attached hydrogen (secondary N) is 4. The zero-order chi connectivity index (χ0) is 33.3. The van der Waals surface area contributed by atoms with Crippen molar-refractivity contribution in [2.24, 2.45) is 0 Å². The molecule has 248 valence electrons. The molecule has 0 radical (unpaired) electrons. The number of morpholine rings is 1. The van der Waals surface area contributed by atoms with E-state index in [1.807, 2.05) is 0 Å². The highest BCUT2D eigenvalue weighted by atomic mass is 19.4. The van der Waals surface area contributed by atoms with E-state index in [9.17, 15) is 35.9 Å². The Labute approximate surface area is 259 Å². The molecule has 1 saturated heterocycles. The first-order chi connectivity index (χ1) is 21.9. The molecule has 1 heterocycles. The average molecular weight is 657 g/mol. The van der Waals surface area contributed by atoms with Crippen LogP contribution in [0.1, 0.15) is 17.5 Å². The monoisotopic (exact) mass is 656 g/mol. The molecule has 4 N–H and O–H groups in total. The minimum Gasteiger partial charge on any atom is -0.448 e. The van der Waals surface area contributed by atoms with E-state index in [1.165, 1.54) is 36.4 Å². The van der Waals surface area contributed by atoms with E-state index >= 15 is 4.39 Å². The summed E-state index contributed by atoms with van der Waals surface area (Å²) < 4.78 is 103. The molecule has 3 aromatic carbocycles. The van der Waals surface area contributed by atoms with Gasteiger partial charge in [-0.1, -0.05) is 18.2 Å². The first-order valence-electron chi connectivity index (χ1n) is 14.2. The lowest BCUT2D eigenvalue weighted by Crippen LogP contribution is -2.49. The van der Waals surface area contributed by atoms with Crippen molar-refractivity contribution in [3.8, 4) is 0 Å². The van der Waals surface area contributed by atoms with Gasteiger partial charge in [0.25, 0.3) is 0 Å². The summed E-state index contributed by atoms with van der Waals surface area (Å²) in [5, 5.41) is 10.2. The van der Waals surface area contributed by atoms with Crippen molar-refractivity contribution in [1.29, 1.82) is 0 Å². The van der Waals surface area contributed by atoms with Crippen LogP contribution in [0.2, 0.25) is 0 Å². The van der Waals surface area contributed by atoms with Gasteiger partial charge in [-0.15, -0.1) is 0 Å². The molecule has 8 nitrogen and oxygen atoms in total. The molecule has 0 saturated carbocycles. The number of carbonyl (C=O) groups is 2. The Morgan fingerprint density at radius 1 is 0.978 bits per heavy atom. The Morgan fingerprint density at radius 3 is 2.46 bits per heavy atom. The van der Waals surface area contributed by atoms with E-state index in [1.54, 1.807) is 17.4 Å². The van der Waals surface area contributed by atoms with Gasteiger partial charge in [-0.05, 0) is 54.8 Å². The summed E-state index contributed by atoms with van der Waals surface area (Å²) >= 11 is 0. The number of ether oxygens (including phenoxy) is 2. The van der Waals surface area contributed by atoms with Gasteiger partial charge in [0, 0.05) is 36.0 Å². The predicted molar refractivity (Wildman–Crippen MR) is 154 cm³/mol. The number of benzene rings is 3. The van der Waals surface area contributed by atoms with Crippen molar-refractivity contribution < 1.29 is 49.8 Å². The van der Waals surface area contributed by atoms with E-state index in [2.05, 4.69) is 16.0 Å². The molecule has 1 fully saturated rings. The third kappa shape index (κ3) is 10.6. The Hall–Kier alpha value is -4.37. The molecule has 0 aliphatic carbocycles. The summed E-state index contributed by atoms with van der Waals surface area (Å²) in [7, 11) is 0. The summed E-state index contributed by atoms with van der Waals surface area (Å²) in [6, 6.07) is 11.1. The topological polar surface area (TPSA) is 101 Å². The fourth-order valence-electron chi connectivity index (χ4n) is 4.71. The molecule has 4 rings (SSSR count). The van der Waals surface area contributed by atoms with Crippen molar-refractivity contribution in [3.05, 3.63) is 95.1 Å². The highest BCUT2D eigenvalue weighted by molar-refractivity contribution is 5.96. The third-order valence-electron chi connectivity index (χ3n) is 7.01. The van der Waals surface area contributed by atoms with Crippen LogP contribution in [0.3, 0.4) is 0 Å². The minimum absolute atomic E-state index is 0.0120. The van der Waals surface area contributed by atoms with E-state index in [-0.39, 0.29) is 55.6 Å². The SMILES string of the molecule is O=C(NCC(F)(F)F)OC[C@@H]1CO[C@H](CCc2c(F)cccc2N[C@@H](Cc2cccc(F)c2)C(=O)Nc2ccc(F)c(F)c2)CN1. The maximum absolute atomic E-state index is 15.1. The van der Waals surface area contributed by atoms with Gasteiger partial charge in [0.05, 0.1) is 18.8 Å². The maximum Gasteiger partial charge on any atom is 0.407 e. The van der Waals surface area contributed by atoms with E-state index in [0.717, 1.165) is 12.1 Å². The summed E-state index contributed by atoms with van der Waals surface area (Å²) in [5.41, 5.74) is 0.959. The second kappa shape index (κ2) is 15.8. The number of hydrogen-bond donors (Lipinski definition) is 4. The zero-order valence-corrected chi connectivity index (χ0v) is 24.2. The number of carbonyl (C=O) groups excluding carboxylic acids is 2. The largest absolute Gasteiger partial charge is 0.448 e. The van der Waals surface area contributed by atoms with E-state index < -0.39 is 60.1 Å². The first-order valence-corrected chi connectivity index (χ1v) is 14.2. The molecule has 15 heteroatoms. The molecule has 3 atom stereocenters. The molecule has 46 heavy (non-hydrogen) atoms. The van der Waals surface area contributed by atoms with Crippen LogP contribution in [0.5, 0.6) is 0 Å². The molecule has 0 unspecified atom stereocenters. The second-order valence-electron chi connectivity index (χ2n) is 10.6. The van der Waals surface area contributed by atoms with Gasteiger partial charge in [0.2, 0.25) is 5.91 Å². The van der Waals surface area contributed by atoms with Crippen LogP contribution in [0.15, 0.2) is 60.7 Å². The van der Waals surface area contributed by atoms with Crippen LogP contribution < -0.4 is 21.3 Å². The molecular formula is C31H31F7N4O4. The van der Waals surface area contributed by atoms with Crippen molar-refractivity contribution in [2.45, 2.75) is 43.6 Å². The lowest BCUT2D eigenvalue weighted by molar-refractivity contribution is -0.124. The highest BCUT2D eigenvalue weighted by Crippen LogP contribution is 2.25. The maximum atomic E-state index is 15.1. The quantitative estimate of drug-likeness (QED) is 0.193. The van der Waals surface area contributed by atoms with E-state index in [0.29, 0.717) is 12.0 Å². The first kappa shape index (κ1) is 34.5. The normalized spacial score (nSPS) is 17.2. The second-order valence-corrected chi connectivity index (χ2v) is 10.6. The van der Waals surface area contributed by atoms with Gasteiger partial charge >= 0.3 is 12.3 Å². The summed E-state index contributed by atoms with van der Waals surface area (Å²) in [6.45, 7) is -1.37. The van der Waals surface area contributed by atoms with E-state index in [4.69, 9.17) is 9.47 Å². The minimum atomic E-state index is -4.56. The summed E-state index contributed by atoms with van der Waals surface area (Å²) in [6.07, 6.45) is -5.70. The number of hydrogen-bond acceptors (Lipinski definition) is 6. The zero-order valence-electron chi connectivity index (χ0n) is 24.2. The smallest absolute Gasteiger partial charge is 0.407 e. The molecule has 2 amide bonds. The van der Waals surface area contributed by atoms with Gasteiger partial charge in [0.1, 0.15) is 30.8 Å². The summed E-state index contributed by atoms with van der Waals surface area (Å²) in [5.74, 6) is -4.00. The number of halogens is 7. The van der Waals surface area contributed by atoms with Gasteiger partial charge in [0.15, 0.2) is 11.6 Å². The van der Waals surface area contributed by atoms with Crippen LogP contribution in [-0.2, 0) is 27.1 Å². The van der Waals surface area contributed by atoms with Gasteiger partial charge in [-0.2, -0.15) is 13.2 Å². The Bertz CT molecular complexity index is 1500. The molecule has 3 aromatic rings. The Kier molecular flexibility index (Phi) is 11.8. The standard InChI is InChI=1S/C31H31F7N4O4/c32-19-4-1-3-18(11-19)12-28(29(43)41-20-7-10-25(34)26(35)13-20)42-27-6-2-5-24(33)23(27)9-8-22-14-39-21(15-45-22)16-46-30(44)40-17-31(36,37)38/h1-7,10-11,13,21-22,28,39,42H,8-9,12,14-17H2,(H,40,44)(H,41,43)/t21-,22+,28-/m0/s1. The fourth-order valence-corrected chi connectivity index (χ4v) is 4.71. The van der Waals surface area contributed by atoms with Crippen LogP contribution >= 0.6 is 0 Å². The van der Waals surface area contributed by atoms with Crippen LogP contribution in [0.25, 0.3) is 0 Å². The molecule has 0 spiro atoms. The number of anilines is 2. The number of amides is 2. The Balaban J connectivity index is 1.38. The van der Waals surface area contributed by atoms with Crippen molar-refractivity contribution in [1.82, 2.24) is 10.6 Å². The molecule has 0 aromatic heterocycles. The third-order valence-corrected chi connectivity index (χ3v) is 7.01. The van der Waals surface area contributed by atoms with Crippen LogP contribution in [0.4, 0.5) is 46.9 Å². The lowest BCUT2D eigenvalue weighted by Gasteiger charge is -2.30. The van der Waals surface area contributed by atoms with Crippen molar-refractivity contribution in [2.75, 3.05) is 36.9 Å². The number of alkyl carbamates (subject to hydrolysis) is 1. The Morgan fingerprint density at radius 2 is 1.76 bits per heavy atom. The molecule has 1 aliphatic rings. The van der Waals surface area contributed by atoms with Crippen molar-refractivity contribution in [3.63, 3.8) is 0 Å². The van der Waals surface area contributed by atoms with Crippen LogP contribution in [-0.4, -0.2) is 62.7 Å². The van der Waals surface area contributed by atoms with Gasteiger partial charge in [-0.3, -0.25) is 4.79 Å². The van der Waals surface area contributed by atoms with Gasteiger partial charge in [-0.25, -0.2) is 22.4 Å². The van der Waals surface area contributed by atoms with Crippen molar-refractivity contribution >= 4 is 23.4 Å². The predicted octanol–water partition coefficient (Wildman–Crippen LogP) is 5.48. The summed E-state index contributed by atoms with van der Waals surface area (Å²) in [4.78, 5) is 24.8. The molecule has 0 bridgehead atoms. The van der Waals surface area contributed by atoms with Gasteiger partial charge < -0.3 is 30.7 Å². The highest BCUT2D eigenvalue weighted by Gasteiger charge is 2.29. The number of rotatable bonds is 12. The lowest BCUT2D eigenvalue weighted by atomic mass is 10.0. The molecule has 1 aliphatic heterocycles. The van der Waals surface area contributed by atoms with Crippen LogP contribution in [0, 0.1) is 23.3 Å². The number of alkyl halides is 3.